The van der Waals surface area contributed by atoms with Crippen LogP contribution in [0.1, 0.15) is 32.1 Å². The number of amides is 1. The minimum atomic E-state index is 0.102. The first-order valence-corrected chi connectivity index (χ1v) is 9.58. The van der Waals surface area contributed by atoms with Crippen molar-refractivity contribution in [3.05, 3.63) is 6.33 Å². The molecule has 0 bridgehead atoms. The predicted octanol–water partition coefficient (Wildman–Crippen LogP) is 1.18. The van der Waals surface area contributed by atoms with Crippen molar-refractivity contribution in [2.75, 3.05) is 50.5 Å². The number of nitrogen functional groups attached to an aromatic ring is 1. The van der Waals surface area contributed by atoms with E-state index in [1.54, 1.807) is 13.4 Å². The molecular formula is C18H27N7O2. The molecule has 2 aromatic heterocycles. The van der Waals surface area contributed by atoms with Crippen LogP contribution in [0.3, 0.4) is 0 Å². The van der Waals surface area contributed by atoms with E-state index in [0.29, 0.717) is 18.7 Å². The van der Waals surface area contributed by atoms with Crippen molar-refractivity contribution >= 4 is 28.8 Å². The number of aromatic amines is 1. The summed E-state index contributed by atoms with van der Waals surface area (Å²) in [5.74, 6) is 1.32. The summed E-state index contributed by atoms with van der Waals surface area (Å²) in [7, 11) is 1.70. The van der Waals surface area contributed by atoms with Crippen LogP contribution in [0.5, 0.6) is 0 Å². The SMILES string of the molecule is COCCCN1C[C@]2(CCCN(c3nc(N)nc4nc[nH]c34)C2)CCC1=O. The molecule has 2 aliphatic rings. The number of carbonyl (C=O) groups is 1. The minimum absolute atomic E-state index is 0.102. The number of ether oxygens (including phenoxy) is 1. The lowest BCUT2D eigenvalue weighted by Crippen LogP contribution is -2.54. The number of rotatable bonds is 5. The summed E-state index contributed by atoms with van der Waals surface area (Å²) in [6, 6.07) is 0. The number of aromatic nitrogens is 4. The molecular weight excluding hydrogens is 346 g/mol. The Morgan fingerprint density at radius 1 is 1.33 bits per heavy atom. The quantitative estimate of drug-likeness (QED) is 0.757. The normalized spacial score (nSPS) is 23.5. The number of imidazole rings is 1. The van der Waals surface area contributed by atoms with Gasteiger partial charge < -0.3 is 25.3 Å². The number of anilines is 2. The lowest BCUT2D eigenvalue weighted by Gasteiger charge is -2.48. The van der Waals surface area contributed by atoms with Gasteiger partial charge in [-0.3, -0.25) is 4.79 Å². The summed E-state index contributed by atoms with van der Waals surface area (Å²) in [6.45, 7) is 4.04. The number of nitrogens with two attached hydrogens (primary N) is 1. The Balaban J connectivity index is 1.55. The summed E-state index contributed by atoms with van der Waals surface area (Å²) >= 11 is 0. The van der Waals surface area contributed by atoms with Crippen molar-refractivity contribution in [3.63, 3.8) is 0 Å². The lowest BCUT2D eigenvalue weighted by molar-refractivity contribution is -0.138. The molecule has 2 fully saturated rings. The van der Waals surface area contributed by atoms with Crippen molar-refractivity contribution in [3.8, 4) is 0 Å². The zero-order chi connectivity index (χ0) is 18.9. The van der Waals surface area contributed by atoms with E-state index in [2.05, 4.69) is 24.8 Å². The average molecular weight is 373 g/mol. The first-order valence-electron chi connectivity index (χ1n) is 9.58. The van der Waals surface area contributed by atoms with Crippen LogP contribution in [0.4, 0.5) is 11.8 Å². The third-order valence-electron chi connectivity index (χ3n) is 5.77. The molecule has 0 aromatic carbocycles. The Labute approximate surface area is 158 Å². The maximum Gasteiger partial charge on any atom is 0.224 e. The number of hydrogen-bond acceptors (Lipinski definition) is 7. The average Bonchev–Trinajstić information content (AvgIpc) is 3.13. The number of fused-ring (bicyclic) bond motifs is 1. The van der Waals surface area contributed by atoms with E-state index >= 15 is 0 Å². The molecule has 2 aliphatic heterocycles. The fourth-order valence-electron chi connectivity index (χ4n) is 4.49. The van der Waals surface area contributed by atoms with Gasteiger partial charge in [-0.2, -0.15) is 9.97 Å². The summed E-state index contributed by atoms with van der Waals surface area (Å²) < 4.78 is 5.14. The summed E-state index contributed by atoms with van der Waals surface area (Å²) in [5, 5.41) is 0. The number of nitrogens with one attached hydrogen (secondary N) is 1. The molecule has 0 saturated carbocycles. The van der Waals surface area contributed by atoms with E-state index in [0.717, 1.165) is 63.2 Å². The fourth-order valence-corrected chi connectivity index (χ4v) is 4.49. The molecule has 1 spiro atoms. The van der Waals surface area contributed by atoms with Crippen LogP contribution >= 0.6 is 0 Å². The number of hydrogen-bond donors (Lipinski definition) is 2. The van der Waals surface area contributed by atoms with Gasteiger partial charge in [-0.15, -0.1) is 0 Å². The second kappa shape index (κ2) is 7.30. The Kier molecular flexibility index (Phi) is 4.86. The van der Waals surface area contributed by atoms with Gasteiger partial charge in [0.2, 0.25) is 11.9 Å². The second-order valence-corrected chi connectivity index (χ2v) is 7.69. The fraction of sp³-hybridized carbons (Fsp3) is 0.667. The summed E-state index contributed by atoms with van der Waals surface area (Å²) in [4.78, 5) is 32.7. The van der Waals surface area contributed by atoms with E-state index in [1.165, 1.54) is 0 Å². The Morgan fingerprint density at radius 2 is 2.22 bits per heavy atom. The van der Waals surface area contributed by atoms with Crippen molar-refractivity contribution < 1.29 is 9.53 Å². The second-order valence-electron chi connectivity index (χ2n) is 7.69. The van der Waals surface area contributed by atoms with E-state index in [-0.39, 0.29) is 17.3 Å². The van der Waals surface area contributed by atoms with Crippen molar-refractivity contribution in [1.82, 2.24) is 24.8 Å². The Hall–Kier alpha value is -2.42. The van der Waals surface area contributed by atoms with Crippen LogP contribution in [-0.4, -0.2) is 70.6 Å². The molecule has 4 rings (SSSR count). The van der Waals surface area contributed by atoms with Crippen LogP contribution in [0.15, 0.2) is 6.33 Å². The molecule has 4 heterocycles. The Morgan fingerprint density at radius 3 is 3.07 bits per heavy atom. The van der Waals surface area contributed by atoms with Gasteiger partial charge >= 0.3 is 0 Å². The molecule has 2 aromatic rings. The van der Waals surface area contributed by atoms with Gasteiger partial charge in [0.05, 0.1) is 6.33 Å². The summed E-state index contributed by atoms with van der Waals surface area (Å²) in [6.07, 6.45) is 6.24. The number of nitrogens with zero attached hydrogens (tertiary/aromatic N) is 5. The maximum atomic E-state index is 12.4. The maximum absolute atomic E-state index is 12.4. The highest BCUT2D eigenvalue weighted by Crippen LogP contribution is 2.40. The standard InChI is InChI=1S/C18H27N7O2/c1-27-9-3-8-24-10-18(6-4-13(24)26)5-2-7-25(11-18)16-14-15(21-12-20-14)22-17(19)23-16/h12H,2-11H2,1H3,(H3,19,20,21,22,23)/t18-/m0/s1. The molecule has 3 N–H and O–H groups in total. The van der Waals surface area contributed by atoms with Gasteiger partial charge in [0, 0.05) is 51.7 Å². The van der Waals surface area contributed by atoms with Gasteiger partial charge in [0.15, 0.2) is 11.5 Å². The van der Waals surface area contributed by atoms with Crippen molar-refractivity contribution in [1.29, 1.82) is 0 Å². The van der Waals surface area contributed by atoms with Gasteiger partial charge in [-0.1, -0.05) is 0 Å². The number of likely N-dealkylation sites (tertiary alicyclic amines) is 1. The number of piperidine rings is 2. The van der Waals surface area contributed by atoms with E-state index < -0.39 is 0 Å². The number of methoxy groups -OCH3 is 1. The molecule has 0 radical (unpaired) electrons. The molecule has 27 heavy (non-hydrogen) atoms. The van der Waals surface area contributed by atoms with Gasteiger partial charge in [0.1, 0.15) is 5.52 Å². The molecule has 2 saturated heterocycles. The highest BCUT2D eigenvalue weighted by molar-refractivity contribution is 5.84. The topological polar surface area (TPSA) is 113 Å². The van der Waals surface area contributed by atoms with E-state index in [9.17, 15) is 4.79 Å². The highest BCUT2D eigenvalue weighted by atomic mass is 16.5. The minimum Gasteiger partial charge on any atom is -0.385 e. The van der Waals surface area contributed by atoms with Crippen molar-refractivity contribution in [2.45, 2.75) is 32.1 Å². The van der Waals surface area contributed by atoms with Crippen LogP contribution in [0.25, 0.3) is 11.2 Å². The van der Waals surface area contributed by atoms with Crippen LogP contribution in [0.2, 0.25) is 0 Å². The molecule has 0 unspecified atom stereocenters. The van der Waals surface area contributed by atoms with Crippen LogP contribution in [-0.2, 0) is 9.53 Å². The van der Waals surface area contributed by atoms with Crippen LogP contribution < -0.4 is 10.6 Å². The molecule has 0 aliphatic carbocycles. The van der Waals surface area contributed by atoms with Crippen molar-refractivity contribution in [2.24, 2.45) is 5.41 Å². The third-order valence-corrected chi connectivity index (χ3v) is 5.77. The molecule has 1 atom stereocenters. The van der Waals surface area contributed by atoms with E-state index in [4.69, 9.17) is 10.5 Å². The molecule has 9 heteroatoms. The van der Waals surface area contributed by atoms with Gasteiger partial charge in [-0.25, -0.2) is 4.98 Å². The van der Waals surface area contributed by atoms with E-state index in [1.807, 2.05) is 4.90 Å². The first-order chi connectivity index (χ1) is 13.1. The first kappa shape index (κ1) is 18.0. The van der Waals surface area contributed by atoms with Gasteiger partial charge in [-0.05, 0) is 25.7 Å². The largest absolute Gasteiger partial charge is 0.385 e. The number of H-pyrrole nitrogens is 1. The molecule has 146 valence electrons. The van der Waals surface area contributed by atoms with Gasteiger partial charge in [0.25, 0.3) is 0 Å². The number of carbonyl (C=O) groups excluding carboxylic acids is 1. The Bertz CT molecular complexity index is 823. The zero-order valence-electron chi connectivity index (χ0n) is 15.8. The monoisotopic (exact) mass is 373 g/mol. The molecule has 1 amide bonds. The molecule has 9 nitrogen and oxygen atoms in total. The smallest absolute Gasteiger partial charge is 0.224 e. The van der Waals surface area contributed by atoms with Crippen LogP contribution in [0, 0.1) is 5.41 Å². The lowest BCUT2D eigenvalue weighted by atomic mass is 9.73. The predicted molar refractivity (Wildman–Crippen MR) is 102 cm³/mol. The zero-order valence-corrected chi connectivity index (χ0v) is 15.8. The highest BCUT2D eigenvalue weighted by Gasteiger charge is 2.42. The third kappa shape index (κ3) is 3.55. The summed E-state index contributed by atoms with van der Waals surface area (Å²) in [5.41, 5.74) is 7.42.